The van der Waals surface area contributed by atoms with Crippen LogP contribution < -0.4 is 0 Å². The number of carboxylic acid groups (broad SMARTS) is 1. The average Bonchev–Trinajstić information content (AvgIpc) is 2.55. The Bertz CT molecular complexity index is 782. The molecule has 0 fully saturated rings. The van der Waals surface area contributed by atoms with E-state index < -0.39 is 5.97 Å². The Hall–Kier alpha value is -2.52. The molecule has 0 unspecified atom stereocenters. The van der Waals surface area contributed by atoms with Crippen LogP contribution in [0.1, 0.15) is 10.4 Å². The molecule has 0 spiro atoms. The van der Waals surface area contributed by atoms with Gasteiger partial charge in [-0.05, 0) is 28.3 Å². The van der Waals surface area contributed by atoms with Gasteiger partial charge in [0, 0.05) is 0 Å². The smallest absolute Gasteiger partial charge is 0.336 e. The first-order valence-electron chi connectivity index (χ1n) is 6.74. The van der Waals surface area contributed by atoms with Crippen molar-refractivity contribution in [2.24, 2.45) is 0 Å². The number of carbonyl (C=O) groups is 1. The Morgan fingerprint density at radius 3 is 1.77 bits per heavy atom. The maximum Gasteiger partial charge on any atom is 0.336 e. The normalized spacial score (nSPS) is 9.82. The molecule has 0 saturated carbocycles. The van der Waals surface area contributed by atoms with Gasteiger partial charge in [0.15, 0.2) is 0 Å². The van der Waals surface area contributed by atoms with E-state index in [1.54, 1.807) is 12.1 Å². The van der Waals surface area contributed by atoms with Crippen molar-refractivity contribution in [3.63, 3.8) is 0 Å². The lowest BCUT2D eigenvalue weighted by Crippen LogP contribution is -1.99. The molecule has 2 nitrogen and oxygen atoms in total. The van der Waals surface area contributed by atoms with Crippen LogP contribution in [-0.2, 0) is 0 Å². The Morgan fingerprint density at radius 2 is 1.14 bits per heavy atom. The number of hydrogen-bond donors (Lipinski definition) is 1. The molecular formula is C19H16O2S. The van der Waals surface area contributed by atoms with Gasteiger partial charge in [-0.2, -0.15) is 13.5 Å². The van der Waals surface area contributed by atoms with E-state index >= 15 is 0 Å². The third-order valence-corrected chi connectivity index (χ3v) is 3.46. The van der Waals surface area contributed by atoms with Gasteiger partial charge in [-0.15, -0.1) is 0 Å². The van der Waals surface area contributed by atoms with Crippen LogP contribution in [0.4, 0.5) is 0 Å². The minimum absolute atomic E-state index is 0. The van der Waals surface area contributed by atoms with Gasteiger partial charge >= 0.3 is 5.97 Å². The molecule has 0 aliphatic heterocycles. The fourth-order valence-electron chi connectivity index (χ4n) is 2.49. The van der Waals surface area contributed by atoms with E-state index in [1.165, 1.54) is 0 Å². The zero-order chi connectivity index (χ0) is 14.7. The molecule has 110 valence electrons. The first-order chi connectivity index (χ1) is 10.3. The predicted molar refractivity (Wildman–Crippen MR) is 94.7 cm³/mol. The molecule has 0 bridgehead atoms. The van der Waals surface area contributed by atoms with Crippen LogP contribution in [0.2, 0.25) is 0 Å². The molecule has 0 saturated heterocycles. The van der Waals surface area contributed by atoms with E-state index in [4.69, 9.17) is 0 Å². The van der Waals surface area contributed by atoms with Crippen LogP contribution in [-0.4, -0.2) is 11.1 Å². The highest BCUT2D eigenvalue weighted by atomic mass is 32.1. The van der Waals surface area contributed by atoms with Crippen molar-refractivity contribution in [3.05, 3.63) is 84.4 Å². The molecule has 3 rings (SSSR count). The fourth-order valence-corrected chi connectivity index (χ4v) is 2.49. The van der Waals surface area contributed by atoms with E-state index in [0.29, 0.717) is 5.56 Å². The molecule has 0 aliphatic carbocycles. The van der Waals surface area contributed by atoms with Crippen LogP contribution >= 0.6 is 13.5 Å². The first-order valence-corrected chi connectivity index (χ1v) is 6.74. The number of benzene rings is 3. The Labute approximate surface area is 136 Å². The molecule has 3 aromatic carbocycles. The Morgan fingerprint density at radius 1 is 0.636 bits per heavy atom. The lowest BCUT2D eigenvalue weighted by atomic mass is 9.92. The van der Waals surface area contributed by atoms with E-state index in [0.717, 1.165) is 22.3 Å². The molecule has 0 atom stereocenters. The van der Waals surface area contributed by atoms with Gasteiger partial charge < -0.3 is 5.11 Å². The SMILES string of the molecule is O=C(O)c1ccccc1-c1ccccc1-c1ccccc1.S. The standard InChI is InChI=1S/C19H14O2.H2S/c20-19(21)18-13-7-6-12-17(18)16-11-5-4-10-15(16)14-8-2-1-3-9-14;/h1-13H,(H,20,21);1H2. The van der Waals surface area contributed by atoms with Crippen LogP contribution in [0.5, 0.6) is 0 Å². The van der Waals surface area contributed by atoms with Crippen LogP contribution in [0.15, 0.2) is 78.9 Å². The summed E-state index contributed by atoms with van der Waals surface area (Å²) in [6, 6.07) is 25.0. The molecule has 0 heterocycles. The average molecular weight is 308 g/mol. The van der Waals surface area contributed by atoms with E-state index in [-0.39, 0.29) is 13.5 Å². The largest absolute Gasteiger partial charge is 0.478 e. The maximum absolute atomic E-state index is 11.4. The van der Waals surface area contributed by atoms with Crippen molar-refractivity contribution in [1.82, 2.24) is 0 Å². The first kappa shape index (κ1) is 15.9. The van der Waals surface area contributed by atoms with Crippen molar-refractivity contribution in [2.75, 3.05) is 0 Å². The zero-order valence-electron chi connectivity index (χ0n) is 11.9. The third kappa shape index (κ3) is 3.05. The zero-order valence-corrected chi connectivity index (χ0v) is 12.9. The van der Waals surface area contributed by atoms with Crippen molar-refractivity contribution in [1.29, 1.82) is 0 Å². The second kappa shape index (κ2) is 6.96. The lowest BCUT2D eigenvalue weighted by molar-refractivity contribution is 0.0698. The van der Waals surface area contributed by atoms with Crippen molar-refractivity contribution in [3.8, 4) is 22.3 Å². The minimum atomic E-state index is -0.909. The van der Waals surface area contributed by atoms with Gasteiger partial charge in [-0.3, -0.25) is 0 Å². The van der Waals surface area contributed by atoms with Crippen LogP contribution in [0, 0.1) is 0 Å². The Balaban J connectivity index is 0.00000176. The second-order valence-electron chi connectivity index (χ2n) is 4.76. The molecular weight excluding hydrogens is 292 g/mol. The fraction of sp³-hybridized carbons (Fsp3) is 0. The summed E-state index contributed by atoms with van der Waals surface area (Å²) in [6.45, 7) is 0. The molecule has 1 N–H and O–H groups in total. The summed E-state index contributed by atoms with van der Waals surface area (Å²) in [7, 11) is 0. The Kier molecular flexibility index (Phi) is 5.02. The predicted octanol–water partition coefficient (Wildman–Crippen LogP) is 4.83. The summed E-state index contributed by atoms with van der Waals surface area (Å²) >= 11 is 0. The van der Waals surface area contributed by atoms with Crippen molar-refractivity contribution >= 4 is 19.5 Å². The highest BCUT2D eigenvalue weighted by Crippen LogP contribution is 2.33. The summed E-state index contributed by atoms with van der Waals surface area (Å²) in [4.78, 5) is 11.4. The van der Waals surface area contributed by atoms with E-state index in [2.05, 4.69) is 0 Å². The van der Waals surface area contributed by atoms with Crippen molar-refractivity contribution in [2.45, 2.75) is 0 Å². The van der Waals surface area contributed by atoms with Gasteiger partial charge in [-0.1, -0.05) is 72.8 Å². The molecule has 0 aliphatic rings. The quantitative estimate of drug-likeness (QED) is 0.752. The molecule has 3 heteroatoms. The van der Waals surface area contributed by atoms with Gasteiger partial charge in [0.25, 0.3) is 0 Å². The maximum atomic E-state index is 11.4. The third-order valence-electron chi connectivity index (χ3n) is 3.46. The molecule has 0 aromatic heterocycles. The van der Waals surface area contributed by atoms with E-state index in [9.17, 15) is 9.90 Å². The molecule has 0 amide bonds. The van der Waals surface area contributed by atoms with E-state index in [1.807, 2.05) is 66.7 Å². The van der Waals surface area contributed by atoms with Crippen molar-refractivity contribution < 1.29 is 9.90 Å². The van der Waals surface area contributed by atoms with Gasteiger partial charge in [0.2, 0.25) is 0 Å². The van der Waals surface area contributed by atoms with Crippen LogP contribution in [0.3, 0.4) is 0 Å². The molecule has 22 heavy (non-hydrogen) atoms. The van der Waals surface area contributed by atoms with Crippen LogP contribution in [0.25, 0.3) is 22.3 Å². The summed E-state index contributed by atoms with van der Waals surface area (Å²) < 4.78 is 0. The highest BCUT2D eigenvalue weighted by molar-refractivity contribution is 7.59. The summed E-state index contributed by atoms with van der Waals surface area (Å²) in [5.41, 5.74) is 4.10. The number of rotatable bonds is 3. The lowest BCUT2D eigenvalue weighted by Gasteiger charge is -2.12. The van der Waals surface area contributed by atoms with Gasteiger partial charge in [0.1, 0.15) is 0 Å². The topological polar surface area (TPSA) is 37.3 Å². The number of aromatic carboxylic acids is 1. The van der Waals surface area contributed by atoms with Gasteiger partial charge in [0.05, 0.1) is 5.56 Å². The number of carboxylic acids is 1. The highest BCUT2D eigenvalue weighted by Gasteiger charge is 2.14. The van der Waals surface area contributed by atoms with Gasteiger partial charge in [-0.25, -0.2) is 4.79 Å². The monoisotopic (exact) mass is 308 g/mol. The number of hydrogen-bond acceptors (Lipinski definition) is 1. The second-order valence-corrected chi connectivity index (χ2v) is 4.76. The summed E-state index contributed by atoms with van der Waals surface area (Å²) in [5, 5.41) is 9.39. The summed E-state index contributed by atoms with van der Waals surface area (Å²) in [5.74, 6) is -0.909. The molecule has 0 radical (unpaired) electrons. The molecule has 3 aromatic rings. The minimum Gasteiger partial charge on any atom is -0.478 e. The summed E-state index contributed by atoms with van der Waals surface area (Å²) in [6.07, 6.45) is 0.